The second-order valence-electron chi connectivity index (χ2n) is 6.21. The maximum atomic E-state index is 12.1. The Kier molecular flexibility index (Phi) is 3.21. The fourth-order valence-electron chi connectivity index (χ4n) is 2.66. The minimum absolute atomic E-state index is 0.346. The van der Waals surface area contributed by atoms with E-state index in [1.165, 1.54) is 0 Å². The van der Waals surface area contributed by atoms with Gasteiger partial charge in [0.05, 0.1) is 12.4 Å². The summed E-state index contributed by atoms with van der Waals surface area (Å²) in [4.78, 5) is 23.3. The number of esters is 1. The average molecular weight is 264 g/mol. The van der Waals surface area contributed by atoms with Gasteiger partial charge in [-0.3, -0.25) is 4.79 Å². The van der Waals surface area contributed by atoms with Crippen LogP contribution in [0.1, 0.15) is 27.2 Å². The first-order chi connectivity index (χ1) is 8.75. The number of hydrogen-bond donors (Lipinski definition) is 1. The number of carbonyl (C=O) groups excluding carboxylic acids is 2. The number of carbonyl (C=O) groups is 2. The van der Waals surface area contributed by atoms with E-state index in [2.05, 4.69) is 11.3 Å². The number of amides is 1. The molecule has 2 atom stereocenters. The Bertz CT molecular complexity index is 454. The molecule has 2 aliphatic heterocycles. The van der Waals surface area contributed by atoms with Gasteiger partial charge in [-0.25, -0.2) is 10.1 Å². The normalized spacial score (nSPS) is 29.9. The Morgan fingerprint density at radius 1 is 1.63 bits per heavy atom. The molecule has 1 amide bonds. The van der Waals surface area contributed by atoms with Crippen LogP contribution in [0.3, 0.4) is 0 Å². The molecule has 6 nitrogen and oxygen atoms in total. The summed E-state index contributed by atoms with van der Waals surface area (Å²) < 4.78 is 10.6. The molecule has 0 aromatic heterocycles. The molecular formula is C12H17BN2O4. The molecule has 0 saturated carbocycles. The molecule has 0 bridgehead atoms. The van der Waals surface area contributed by atoms with Crippen LogP contribution < -0.4 is 5.32 Å². The van der Waals surface area contributed by atoms with E-state index >= 15 is 0 Å². The Hall–Kier alpha value is -1.71. The highest BCUT2D eigenvalue weighted by molar-refractivity contribution is 6.72. The topological polar surface area (TPSA) is 88.4 Å². The van der Waals surface area contributed by atoms with Gasteiger partial charge < -0.3 is 14.8 Å². The number of nitriles is 1. The van der Waals surface area contributed by atoms with E-state index in [0.717, 1.165) is 0 Å². The Labute approximate surface area is 112 Å². The van der Waals surface area contributed by atoms with Gasteiger partial charge in [0.2, 0.25) is 0 Å². The molecule has 0 aromatic carbocycles. The fraction of sp³-hybridized carbons (Fsp3) is 0.750. The Morgan fingerprint density at radius 3 is 2.79 bits per heavy atom. The minimum Gasteiger partial charge on any atom is -0.460 e. The maximum absolute atomic E-state index is 12.1. The van der Waals surface area contributed by atoms with Crippen LogP contribution in [-0.2, 0) is 14.3 Å². The lowest BCUT2D eigenvalue weighted by atomic mass is 9.43. The number of alkyl carbamates (subject to hydrolysis) is 1. The van der Waals surface area contributed by atoms with Crippen molar-refractivity contribution in [1.29, 1.82) is 5.26 Å². The van der Waals surface area contributed by atoms with E-state index in [1.807, 2.05) is 0 Å². The Balaban J connectivity index is 2.11. The smallest absolute Gasteiger partial charge is 0.407 e. The summed E-state index contributed by atoms with van der Waals surface area (Å²) in [5, 5.41) is 11.8. The van der Waals surface area contributed by atoms with Crippen LogP contribution in [0.2, 0.25) is 12.1 Å². The van der Waals surface area contributed by atoms with Gasteiger partial charge in [0.25, 0.3) is 6.71 Å². The monoisotopic (exact) mass is 264 g/mol. The first kappa shape index (κ1) is 13.7. The van der Waals surface area contributed by atoms with Crippen LogP contribution in [0.5, 0.6) is 0 Å². The average Bonchev–Trinajstić information content (AvgIpc) is 2.81. The number of nitrogens with zero attached hydrogens (tertiary/aromatic N) is 1. The van der Waals surface area contributed by atoms with Crippen molar-refractivity contribution in [2.45, 2.75) is 50.5 Å². The van der Waals surface area contributed by atoms with E-state index < -0.39 is 29.8 Å². The van der Waals surface area contributed by atoms with Gasteiger partial charge in [-0.05, 0) is 33.5 Å². The summed E-state index contributed by atoms with van der Waals surface area (Å²) in [5.74, 6) is 1.21. The number of hydrogen-bond acceptors (Lipinski definition) is 5. The lowest BCUT2D eigenvalue weighted by molar-refractivity contribution is -0.155. The molecule has 2 heterocycles. The molecule has 1 spiro atoms. The molecule has 0 aromatic rings. The van der Waals surface area contributed by atoms with E-state index in [1.54, 1.807) is 20.8 Å². The molecule has 7 heteroatoms. The standard InChI is InChI=1S/C12H17BN2O4/c1-11(2,3)18-9(16)8-4-12(5-13(8)7-14)6-15-10(17)19-12/h8H,4-6H2,1-3H3,(H,15,17)/t8-,12?/m0/s1. The quantitative estimate of drug-likeness (QED) is 0.566. The fourth-order valence-corrected chi connectivity index (χ4v) is 2.66. The first-order valence-corrected chi connectivity index (χ1v) is 6.34. The maximum Gasteiger partial charge on any atom is 0.407 e. The van der Waals surface area contributed by atoms with Crippen molar-refractivity contribution in [1.82, 2.24) is 5.32 Å². The molecule has 2 fully saturated rings. The number of nitrogens with one attached hydrogen (secondary N) is 1. The summed E-state index contributed by atoms with van der Waals surface area (Å²) in [6.45, 7) is 5.24. The summed E-state index contributed by atoms with van der Waals surface area (Å²) in [6, 6.07) is 0. The zero-order chi connectivity index (χ0) is 14.3. The van der Waals surface area contributed by atoms with Crippen LogP contribution in [-0.4, -0.2) is 36.5 Å². The molecule has 102 valence electrons. The van der Waals surface area contributed by atoms with Crippen LogP contribution in [0, 0.1) is 11.2 Å². The molecule has 1 N–H and O–H groups in total. The summed E-state index contributed by atoms with van der Waals surface area (Å²) in [5.41, 5.74) is -1.31. The van der Waals surface area contributed by atoms with Crippen molar-refractivity contribution in [3.8, 4) is 5.97 Å². The molecular weight excluding hydrogens is 247 g/mol. The summed E-state index contributed by atoms with van der Waals surface area (Å²) >= 11 is 0. The molecule has 2 aliphatic rings. The van der Waals surface area contributed by atoms with Gasteiger partial charge in [-0.2, -0.15) is 0 Å². The second kappa shape index (κ2) is 4.44. The van der Waals surface area contributed by atoms with Crippen LogP contribution in [0.4, 0.5) is 4.79 Å². The van der Waals surface area contributed by atoms with Gasteiger partial charge in [0.1, 0.15) is 11.2 Å². The highest BCUT2D eigenvalue weighted by Gasteiger charge is 2.56. The van der Waals surface area contributed by atoms with Crippen molar-refractivity contribution >= 4 is 18.8 Å². The molecule has 2 rings (SSSR count). The van der Waals surface area contributed by atoms with Crippen molar-refractivity contribution < 1.29 is 19.1 Å². The second-order valence-corrected chi connectivity index (χ2v) is 6.21. The third kappa shape index (κ3) is 2.83. The zero-order valence-corrected chi connectivity index (χ0v) is 11.4. The third-order valence-corrected chi connectivity index (χ3v) is 3.41. The van der Waals surface area contributed by atoms with E-state index in [0.29, 0.717) is 19.3 Å². The number of ether oxygens (including phenoxy) is 2. The van der Waals surface area contributed by atoms with E-state index in [4.69, 9.17) is 9.47 Å². The van der Waals surface area contributed by atoms with Crippen molar-refractivity contribution in [3.05, 3.63) is 0 Å². The lowest BCUT2D eigenvalue weighted by Crippen LogP contribution is -2.31. The molecule has 0 aliphatic carbocycles. The molecule has 19 heavy (non-hydrogen) atoms. The van der Waals surface area contributed by atoms with E-state index in [-0.39, 0.29) is 5.97 Å². The molecule has 2 saturated heterocycles. The molecule has 1 unspecified atom stereocenters. The molecule has 0 radical (unpaired) electrons. The van der Waals surface area contributed by atoms with Gasteiger partial charge in [-0.1, -0.05) is 0 Å². The SMILES string of the molecule is CC(C)(C)OC(=O)[C@@H]1CC2(CNC(=O)O2)CB1C#N. The predicted octanol–water partition coefficient (Wildman–Crippen LogP) is 1.14. The van der Waals surface area contributed by atoms with Crippen LogP contribution >= 0.6 is 0 Å². The highest BCUT2D eigenvalue weighted by atomic mass is 16.6. The highest BCUT2D eigenvalue weighted by Crippen LogP contribution is 2.43. The largest absolute Gasteiger partial charge is 0.460 e. The lowest BCUT2D eigenvalue weighted by Gasteiger charge is -2.23. The number of rotatable bonds is 1. The van der Waals surface area contributed by atoms with Gasteiger partial charge >= 0.3 is 12.1 Å². The van der Waals surface area contributed by atoms with Crippen molar-refractivity contribution in [2.75, 3.05) is 6.54 Å². The van der Waals surface area contributed by atoms with Gasteiger partial charge in [-0.15, -0.1) is 0 Å². The van der Waals surface area contributed by atoms with Crippen LogP contribution in [0.15, 0.2) is 0 Å². The first-order valence-electron chi connectivity index (χ1n) is 6.34. The van der Waals surface area contributed by atoms with Crippen LogP contribution in [0.25, 0.3) is 0 Å². The zero-order valence-electron chi connectivity index (χ0n) is 11.4. The van der Waals surface area contributed by atoms with Crippen molar-refractivity contribution in [2.24, 2.45) is 0 Å². The minimum atomic E-state index is -0.723. The summed E-state index contributed by atoms with van der Waals surface area (Å²) in [7, 11) is 0. The van der Waals surface area contributed by atoms with E-state index in [9.17, 15) is 14.9 Å². The van der Waals surface area contributed by atoms with Gasteiger partial charge in [0.15, 0.2) is 0 Å². The van der Waals surface area contributed by atoms with Gasteiger partial charge in [0, 0.05) is 5.97 Å². The third-order valence-electron chi connectivity index (χ3n) is 3.41. The van der Waals surface area contributed by atoms with Crippen molar-refractivity contribution in [3.63, 3.8) is 0 Å². The summed E-state index contributed by atoms with van der Waals surface area (Å²) in [6.07, 6.45) is 0.243. The Morgan fingerprint density at radius 2 is 2.32 bits per heavy atom. The predicted molar refractivity (Wildman–Crippen MR) is 67.6 cm³/mol.